The van der Waals surface area contributed by atoms with Crippen LogP contribution in [0.5, 0.6) is 0 Å². The SMILES string of the molecule is COCc1cc(C)n(Cc2ccc(C(=O)OC)cc2)c(=O)c1C#N. The fraction of sp³-hybridized carbons (Fsp3) is 0.278. The van der Waals surface area contributed by atoms with Gasteiger partial charge in [0.05, 0.1) is 25.8 Å². The average molecular weight is 326 g/mol. The highest BCUT2D eigenvalue weighted by Gasteiger charge is 2.13. The molecule has 0 unspecified atom stereocenters. The molecule has 0 radical (unpaired) electrons. The smallest absolute Gasteiger partial charge is 0.337 e. The summed E-state index contributed by atoms with van der Waals surface area (Å²) in [6.07, 6.45) is 0. The summed E-state index contributed by atoms with van der Waals surface area (Å²) < 4.78 is 11.2. The number of nitrogens with zero attached hydrogens (tertiary/aromatic N) is 2. The molecule has 0 fully saturated rings. The van der Waals surface area contributed by atoms with Crippen LogP contribution in [0.15, 0.2) is 35.1 Å². The number of benzene rings is 1. The van der Waals surface area contributed by atoms with E-state index in [0.29, 0.717) is 17.7 Å². The lowest BCUT2D eigenvalue weighted by Gasteiger charge is -2.13. The highest BCUT2D eigenvalue weighted by atomic mass is 16.5. The molecule has 2 rings (SSSR count). The normalized spacial score (nSPS) is 10.2. The molecule has 0 aliphatic carbocycles. The third-order valence-corrected chi connectivity index (χ3v) is 3.72. The van der Waals surface area contributed by atoms with Crippen LogP contribution in [0.4, 0.5) is 0 Å². The lowest BCUT2D eigenvalue weighted by Crippen LogP contribution is -2.27. The Bertz CT molecular complexity index is 845. The molecule has 0 N–H and O–H groups in total. The van der Waals surface area contributed by atoms with Crippen LogP contribution in [0.1, 0.15) is 32.7 Å². The third-order valence-electron chi connectivity index (χ3n) is 3.72. The lowest BCUT2D eigenvalue weighted by atomic mass is 10.1. The molecular weight excluding hydrogens is 308 g/mol. The molecule has 0 aliphatic rings. The predicted molar refractivity (Wildman–Crippen MR) is 87.8 cm³/mol. The maximum atomic E-state index is 12.6. The number of aromatic nitrogens is 1. The van der Waals surface area contributed by atoms with Crippen molar-refractivity contribution in [2.45, 2.75) is 20.1 Å². The molecule has 0 spiro atoms. The van der Waals surface area contributed by atoms with Crippen molar-refractivity contribution >= 4 is 5.97 Å². The van der Waals surface area contributed by atoms with Crippen LogP contribution < -0.4 is 5.56 Å². The molecule has 24 heavy (non-hydrogen) atoms. The zero-order valence-electron chi connectivity index (χ0n) is 13.8. The van der Waals surface area contributed by atoms with Gasteiger partial charge in [-0.15, -0.1) is 0 Å². The Morgan fingerprint density at radius 3 is 2.46 bits per heavy atom. The Morgan fingerprint density at radius 2 is 1.92 bits per heavy atom. The number of ether oxygens (including phenoxy) is 2. The van der Waals surface area contributed by atoms with Gasteiger partial charge < -0.3 is 14.0 Å². The standard InChI is InChI=1S/C18H18N2O4/c1-12-8-15(11-23-2)16(9-19)17(21)20(12)10-13-4-6-14(7-5-13)18(22)24-3/h4-8H,10-11H2,1-3H3. The van der Waals surface area contributed by atoms with Crippen molar-refractivity contribution in [3.05, 3.63) is 68.6 Å². The molecule has 1 aromatic heterocycles. The minimum absolute atomic E-state index is 0.0913. The topological polar surface area (TPSA) is 81.3 Å². The molecule has 0 amide bonds. The second kappa shape index (κ2) is 7.57. The fourth-order valence-corrected chi connectivity index (χ4v) is 2.47. The fourth-order valence-electron chi connectivity index (χ4n) is 2.47. The predicted octanol–water partition coefficient (Wildman–Crippen LogP) is 2.01. The number of methoxy groups -OCH3 is 2. The van der Waals surface area contributed by atoms with Crippen LogP contribution in [-0.2, 0) is 22.6 Å². The Balaban J connectivity index is 2.38. The van der Waals surface area contributed by atoms with Gasteiger partial charge in [-0.1, -0.05) is 12.1 Å². The van der Waals surface area contributed by atoms with Crippen LogP contribution in [0.25, 0.3) is 0 Å². The van der Waals surface area contributed by atoms with Crippen LogP contribution in [0.2, 0.25) is 0 Å². The number of rotatable bonds is 5. The Morgan fingerprint density at radius 1 is 1.25 bits per heavy atom. The summed E-state index contributed by atoms with van der Waals surface area (Å²) in [5.74, 6) is -0.411. The number of carbonyl (C=O) groups is 1. The lowest BCUT2D eigenvalue weighted by molar-refractivity contribution is 0.0600. The molecule has 6 nitrogen and oxygen atoms in total. The second-order valence-electron chi connectivity index (χ2n) is 5.31. The van der Waals surface area contributed by atoms with E-state index in [9.17, 15) is 14.9 Å². The first-order valence-electron chi connectivity index (χ1n) is 7.31. The van der Waals surface area contributed by atoms with E-state index in [1.165, 1.54) is 18.8 Å². The highest BCUT2D eigenvalue weighted by molar-refractivity contribution is 5.89. The Labute approximate surface area is 139 Å². The zero-order valence-corrected chi connectivity index (χ0v) is 13.8. The van der Waals surface area contributed by atoms with E-state index >= 15 is 0 Å². The van der Waals surface area contributed by atoms with Crippen molar-refractivity contribution in [3.8, 4) is 6.07 Å². The number of aryl methyl sites for hydroxylation is 1. The van der Waals surface area contributed by atoms with Gasteiger partial charge in [0.2, 0.25) is 0 Å². The van der Waals surface area contributed by atoms with Gasteiger partial charge in [0, 0.05) is 18.4 Å². The molecule has 6 heteroatoms. The number of pyridine rings is 1. The van der Waals surface area contributed by atoms with Crippen LogP contribution in [-0.4, -0.2) is 24.8 Å². The minimum Gasteiger partial charge on any atom is -0.465 e. The van der Waals surface area contributed by atoms with E-state index in [2.05, 4.69) is 4.74 Å². The van der Waals surface area contributed by atoms with Crippen molar-refractivity contribution in [2.24, 2.45) is 0 Å². The summed E-state index contributed by atoms with van der Waals surface area (Å²) in [5, 5.41) is 9.26. The monoisotopic (exact) mass is 326 g/mol. The van der Waals surface area contributed by atoms with Gasteiger partial charge in [-0.05, 0) is 30.7 Å². The van der Waals surface area contributed by atoms with Crippen molar-refractivity contribution < 1.29 is 14.3 Å². The number of hydrogen-bond donors (Lipinski definition) is 0. The molecule has 0 aliphatic heterocycles. The van der Waals surface area contributed by atoms with Crippen molar-refractivity contribution in [3.63, 3.8) is 0 Å². The second-order valence-corrected chi connectivity index (χ2v) is 5.31. The molecule has 0 saturated heterocycles. The number of esters is 1. The highest BCUT2D eigenvalue weighted by Crippen LogP contribution is 2.12. The summed E-state index contributed by atoms with van der Waals surface area (Å²) in [5.41, 5.74) is 2.35. The van der Waals surface area contributed by atoms with Crippen LogP contribution in [0, 0.1) is 18.3 Å². The van der Waals surface area contributed by atoms with Gasteiger partial charge in [0.1, 0.15) is 11.6 Å². The first kappa shape index (κ1) is 17.4. The van der Waals surface area contributed by atoms with Crippen LogP contribution in [0.3, 0.4) is 0 Å². The number of carbonyl (C=O) groups excluding carboxylic acids is 1. The molecular formula is C18H18N2O4. The van der Waals surface area contributed by atoms with Crippen molar-refractivity contribution in [1.29, 1.82) is 5.26 Å². The summed E-state index contributed by atoms with van der Waals surface area (Å²) in [6.45, 7) is 2.34. The van der Waals surface area contributed by atoms with E-state index in [1.807, 2.05) is 13.0 Å². The first-order valence-corrected chi connectivity index (χ1v) is 7.31. The van der Waals surface area contributed by atoms with Gasteiger partial charge in [-0.25, -0.2) is 4.79 Å². The maximum absolute atomic E-state index is 12.6. The van der Waals surface area contributed by atoms with E-state index in [1.54, 1.807) is 30.3 Å². The van der Waals surface area contributed by atoms with Gasteiger partial charge in [-0.2, -0.15) is 5.26 Å². The quantitative estimate of drug-likeness (QED) is 0.785. The summed E-state index contributed by atoms with van der Waals surface area (Å²) in [4.78, 5) is 24.0. The maximum Gasteiger partial charge on any atom is 0.337 e. The molecule has 0 bridgehead atoms. The van der Waals surface area contributed by atoms with E-state index in [-0.39, 0.29) is 17.7 Å². The van der Waals surface area contributed by atoms with E-state index in [0.717, 1.165) is 11.3 Å². The van der Waals surface area contributed by atoms with Crippen LogP contribution >= 0.6 is 0 Å². The Hall–Kier alpha value is -2.91. The third kappa shape index (κ3) is 3.53. The largest absolute Gasteiger partial charge is 0.465 e. The summed E-state index contributed by atoms with van der Waals surface area (Å²) >= 11 is 0. The van der Waals surface area contributed by atoms with E-state index in [4.69, 9.17) is 4.74 Å². The summed E-state index contributed by atoms with van der Waals surface area (Å²) in [7, 11) is 2.84. The molecule has 1 heterocycles. The van der Waals surface area contributed by atoms with Crippen molar-refractivity contribution in [2.75, 3.05) is 14.2 Å². The molecule has 124 valence electrons. The Kier molecular flexibility index (Phi) is 5.51. The van der Waals surface area contributed by atoms with Gasteiger partial charge in [0.15, 0.2) is 0 Å². The summed E-state index contributed by atoms with van der Waals surface area (Å²) in [6, 6.07) is 10.5. The minimum atomic E-state index is -0.411. The van der Waals surface area contributed by atoms with Gasteiger partial charge in [0.25, 0.3) is 5.56 Å². The molecule has 2 aromatic rings. The van der Waals surface area contributed by atoms with Gasteiger partial charge in [-0.3, -0.25) is 4.79 Å². The zero-order chi connectivity index (χ0) is 17.7. The number of hydrogen-bond acceptors (Lipinski definition) is 5. The van der Waals surface area contributed by atoms with E-state index < -0.39 is 5.97 Å². The first-order chi connectivity index (χ1) is 11.5. The molecule has 0 saturated carbocycles. The molecule has 0 atom stereocenters. The van der Waals surface area contributed by atoms with Crippen molar-refractivity contribution in [1.82, 2.24) is 4.57 Å². The molecule has 1 aromatic carbocycles. The average Bonchev–Trinajstić information content (AvgIpc) is 2.59. The van der Waals surface area contributed by atoms with Gasteiger partial charge >= 0.3 is 5.97 Å². The number of nitriles is 1.